The molecule has 0 saturated carbocycles. The molecule has 1 aromatic rings. The monoisotopic (exact) mass is 300 g/mol. The van der Waals surface area contributed by atoms with E-state index < -0.39 is 11.9 Å². The number of rotatable bonds is 2. The van der Waals surface area contributed by atoms with E-state index in [9.17, 15) is 9.90 Å². The third kappa shape index (κ3) is 2.38. The molecule has 3 heterocycles. The van der Waals surface area contributed by atoms with Crippen molar-refractivity contribution >= 4 is 29.3 Å². The summed E-state index contributed by atoms with van der Waals surface area (Å²) in [5.74, 6) is 2.51. The molecule has 3 rings (SSSR count). The number of carboxylic acid groups (broad SMARTS) is 1. The molecule has 0 radical (unpaired) electrons. The highest BCUT2D eigenvalue weighted by Crippen LogP contribution is 2.39. The number of carboxylic acids is 1. The minimum atomic E-state index is -0.784. The molecule has 6 heteroatoms. The largest absolute Gasteiger partial charge is 0.481 e. The summed E-state index contributed by atoms with van der Waals surface area (Å²) >= 11 is 8.20. The summed E-state index contributed by atoms with van der Waals surface area (Å²) in [6, 6.07) is 0. The van der Waals surface area contributed by atoms with Gasteiger partial charge < -0.3 is 9.67 Å². The van der Waals surface area contributed by atoms with E-state index in [4.69, 9.17) is 11.6 Å². The lowest BCUT2D eigenvalue weighted by molar-refractivity contribution is -0.139. The lowest BCUT2D eigenvalue weighted by Gasteiger charge is -2.26. The first-order chi connectivity index (χ1) is 9.18. The normalized spacial score (nSPS) is 24.2. The van der Waals surface area contributed by atoms with Gasteiger partial charge in [-0.25, -0.2) is 4.98 Å². The zero-order valence-electron chi connectivity index (χ0n) is 10.6. The molecule has 1 N–H and O–H groups in total. The average molecular weight is 301 g/mol. The van der Waals surface area contributed by atoms with Crippen LogP contribution in [0.5, 0.6) is 0 Å². The molecular weight excluding hydrogens is 284 g/mol. The summed E-state index contributed by atoms with van der Waals surface area (Å²) in [6.07, 6.45) is 3.80. The first-order valence-electron chi connectivity index (χ1n) is 6.75. The predicted octanol–water partition coefficient (Wildman–Crippen LogP) is 3.11. The van der Waals surface area contributed by atoms with Crippen LogP contribution in [0.1, 0.15) is 49.0 Å². The SMILES string of the molecule is O=C(O)C1CCCn2c(C3CCSCC3)nc(Cl)c21. The second-order valence-corrected chi connectivity index (χ2v) is 6.80. The Kier molecular flexibility index (Phi) is 3.76. The Morgan fingerprint density at radius 1 is 1.37 bits per heavy atom. The minimum Gasteiger partial charge on any atom is -0.481 e. The van der Waals surface area contributed by atoms with Crippen molar-refractivity contribution in [1.82, 2.24) is 9.55 Å². The fourth-order valence-electron chi connectivity index (χ4n) is 3.12. The van der Waals surface area contributed by atoms with Gasteiger partial charge in [0.2, 0.25) is 0 Å². The Morgan fingerprint density at radius 3 is 2.79 bits per heavy atom. The lowest BCUT2D eigenvalue weighted by atomic mass is 9.95. The number of halogens is 1. The Bertz CT molecular complexity index is 497. The van der Waals surface area contributed by atoms with Crippen molar-refractivity contribution in [3.63, 3.8) is 0 Å². The Balaban J connectivity index is 1.99. The Morgan fingerprint density at radius 2 is 2.11 bits per heavy atom. The second-order valence-electron chi connectivity index (χ2n) is 5.22. The van der Waals surface area contributed by atoms with Crippen LogP contribution in [0.4, 0.5) is 0 Å². The molecule has 0 aromatic carbocycles. The van der Waals surface area contributed by atoms with Crippen molar-refractivity contribution < 1.29 is 9.90 Å². The molecule has 2 aliphatic heterocycles. The summed E-state index contributed by atoms with van der Waals surface area (Å²) < 4.78 is 2.09. The number of thioether (sulfide) groups is 1. The lowest BCUT2D eigenvalue weighted by Crippen LogP contribution is -2.24. The smallest absolute Gasteiger partial charge is 0.312 e. The van der Waals surface area contributed by atoms with Gasteiger partial charge in [-0.1, -0.05) is 11.6 Å². The Labute approximate surface area is 121 Å². The van der Waals surface area contributed by atoms with Gasteiger partial charge in [-0.15, -0.1) is 0 Å². The third-order valence-corrected chi connectivity index (χ3v) is 5.41. The van der Waals surface area contributed by atoms with Crippen LogP contribution in [0.15, 0.2) is 0 Å². The van der Waals surface area contributed by atoms with Gasteiger partial charge in [0.25, 0.3) is 0 Å². The number of fused-ring (bicyclic) bond motifs is 1. The topological polar surface area (TPSA) is 55.1 Å². The van der Waals surface area contributed by atoms with Crippen LogP contribution in [-0.4, -0.2) is 32.1 Å². The summed E-state index contributed by atoms with van der Waals surface area (Å²) in [5, 5.41) is 9.73. The van der Waals surface area contributed by atoms with Gasteiger partial charge in [0, 0.05) is 12.5 Å². The number of aromatic nitrogens is 2. The summed E-state index contributed by atoms with van der Waals surface area (Å²) in [4.78, 5) is 15.9. The number of hydrogen-bond acceptors (Lipinski definition) is 3. The van der Waals surface area contributed by atoms with Crippen molar-refractivity contribution in [1.29, 1.82) is 0 Å². The highest BCUT2D eigenvalue weighted by Gasteiger charge is 2.34. The third-order valence-electron chi connectivity index (χ3n) is 4.08. The average Bonchev–Trinajstić information content (AvgIpc) is 2.77. The number of nitrogens with zero attached hydrogens (tertiary/aromatic N) is 2. The van der Waals surface area contributed by atoms with Crippen LogP contribution < -0.4 is 0 Å². The predicted molar refractivity (Wildman–Crippen MR) is 76.1 cm³/mol. The number of carbonyl (C=O) groups is 1. The minimum absolute atomic E-state index is 0.403. The molecule has 0 aliphatic carbocycles. The maximum absolute atomic E-state index is 11.4. The fourth-order valence-corrected chi connectivity index (χ4v) is 4.54. The van der Waals surface area contributed by atoms with Gasteiger partial charge in [0.1, 0.15) is 11.7 Å². The van der Waals surface area contributed by atoms with Crippen LogP contribution >= 0.6 is 23.4 Å². The van der Waals surface area contributed by atoms with Crippen molar-refractivity contribution in [2.24, 2.45) is 0 Å². The van der Waals surface area contributed by atoms with Gasteiger partial charge in [-0.3, -0.25) is 4.79 Å². The molecule has 1 atom stereocenters. The van der Waals surface area contributed by atoms with Gasteiger partial charge in [0.15, 0.2) is 5.15 Å². The van der Waals surface area contributed by atoms with E-state index in [1.54, 1.807) is 0 Å². The molecule has 104 valence electrons. The van der Waals surface area contributed by atoms with Crippen molar-refractivity contribution in [3.05, 3.63) is 16.7 Å². The van der Waals surface area contributed by atoms with Gasteiger partial charge in [-0.2, -0.15) is 11.8 Å². The number of aliphatic carboxylic acids is 1. The fraction of sp³-hybridized carbons (Fsp3) is 0.692. The maximum Gasteiger partial charge on any atom is 0.312 e. The second kappa shape index (κ2) is 5.37. The van der Waals surface area contributed by atoms with Crippen LogP contribution in [0.25, 0.3) is 0 Å². The van der Waals surface area contributed by atoms with E-state index in [0.29, 0.717) is 17.5 Å². The molecule has 4 nitrogen and oxygen atoms in total. The zero-order chi connectivity index (χ0) is 13.4. The van der Waals surface area contributed by atoms with Gasteiger partial charge in [0.05, 0.1) is 5.69 Å². The van der Waals surface area contributed by atoms with E-state index in [2.05, 4.69) is 9.55 Å². The molecule has 0 amide bonds. The number of hydrogen-bond donors (Lipinski definition) is 1. The maximum atomic E-state index is 11.4. The van der Waals surface area contributed by atoms with Crippen LogP contribution in [0.3, 0.4) is 0 Å². The first kappa shape index (κ1) is 13.3. The van der Waals surface area contributed by atoms with Gasteiger partial charge in [-0.05, 0) is 37.2 Å². The van der Waals surface area contributed by atoms with Crippen LogP contribution in [-0.2, 0) is 11.3 Å². The van der Waals surface area contributed by atoms with Crippen molar-refractivity contribution in [2.45, 2.75) is 44.1 Å². The van der Waals surface area contributed by atoms with Crippen molar-refractivity contribution in [3.8, 4) is 0 Å². The zero-order valence-corrected chi connectivity index (χ0v) is 12.2. The standard InChI is InChI=1S/C13H17ClN2O2S/c14-11-10-9(13(17)18)2-1-5-16(10)12(15-11)8-3-6-19-7-4-8/h8-9H,1-7H2,(H,17,18). The van der Waals surface area contributed by atoms with E-state index in [-0.39, 0.29) is 0 Å². The van der Waals surface area contributed by atoms with Crippen LogP contribution in [0, 0.1) is 0 Å². The summed E-state index contributed by atoms with van der Waals surface area (Å²) in [7, 11) is 0. The van der Waals surface area contributed by atoms with E-state index >= 15 is 0 Å². The highest BCUT2D eigenvalue weighted by molar-refractivity contribution is 7.99. The molecule has 1 saturated heterocycles. The van der Waals surface area contributed by atoms with E-state index in [1.807, 2.05) is 11.8 Å². The first-order valence-corrected chi connectivity index (χ1v) is 8.28. The van der Waals surface area contributed by atoms with Gasteiger partial charge >= 0.3 is 5.97 Å². The molecule has 2 aliphatic rings. The summed E-state index contributed by atoms with van der Waals surface area (Å²) in [6.45, 7) is 0.859. The Hall–Kier alpha value is -0.680. The number of imidazole rings is 1. The quantitative estimate of drug-likeness (QED) is 0.912. The van der Waals surface area contributed by atoms with E-state index in [1.165, 1.54) is 0 Å². The molecular formula is C13H17ClN2O2S. The molecule has 1 fully saturated rings. The van der Waals surface area contributed by atoms with E-state index in [0.717, 1.165) is 48.8 Å². The molecule has 0 spiro atoms. The molecule has 19 heavy (non-hydrogen) atoms. The molecule has 1 unspecified atom stereocenters. The van der Waals surface area contributed by atoms with Crippen LogP contribution in [0.2, 0.25) is 5.15 Å². The molecule has 1 aromatic heterocycles. The highest BCUT2D eigenvalue weighted by atomic mass is 35.5. The van der Waals surface area contributed by atoms with Crippen molar-refractivity contribution in [2.75, 3.05) is 11.5 Å². The summed E-state index contributed by atoms with van der Waals surface area (Å²) in [5.41, 5.74) is 0.730. The molecule has 0 bridgehead atoms.